The Morgan fingerprint density at radius 3 is 2.34 bits per heavy atom. The molecule has 0 bridgehead atoms. The van der Waals surface area contributed by atoms with Crippen LogP contribution in [-0.2, 0) is 16.1 Å². The summed E-state index contributed by atoms with van der Waals surface area (Å²) in [5, 5.41) is 7.76. The van der Waals surface area contributed by atoms with Gasteiger partial charge in [0.1, 0.15) is 0 Å². The highest BCUT2D eigenvalue weighted by Crippen LogP contribution is 2.22. The molecule has 1 amide bonds. The molecule has 0 aliphatic heterocycles. The van der Waals surface area contributed by atoms with Crippen molar-refractivity contribution in [1.82, 2.24) is 15.1 Å². The van der Waals surface area contributed by atoms with Crippen molar-refractivity contribution in [2.24, 2.45) is 0 Å². The van der Waals surface area contributed by atoms with E-state index in [-0.39, 0.29) is 5.91 Å². The van der Waals surface area contributed by atoms with Gasteiger partial charge in [0.15, 0.2) is 6.10 Å². The monoisotopic (exact) mass is 411 g/mol. The third-order valence-corrected chi connectivity index (χ3v) is 5.06. The lowest BCUT2D eigenvalue weighted by Gasteiger charge is -2.14. The molecule has 1 N–H and O–H groups in total. The van der Waals surface area contributed by atoms with Crippen molar-refractivity contribution in [3.05, 3.63) is 82.1 Å². The molecule has 1 aromatic heterocycles. The maximum atomic E-state index is 12.4. The first-order valence-corrected chi connectivity index (χ1v) is 9.59. The van der Waals surface area contributed by atoms with Gasteiger partial charge in [0.25, 0.3) is 5.91 Å². The molecule has 1 unspecified atom stereocenters. The van der Waals surface area contributed by atoms with E-state index in [0.717, 1.165) is 22.6 Å². The zero-order valence-corrected chi connectivity index (χ0v) is 17.2. The Kier molecular flexibility index (Phi) is 6.34. The SMILES string of the molecule is Cc1nn(-c2ccc(C(=O)OC(C)C(=O)NCc3ccccc3)cc2)c(C)c1Cl. The number of benzene rings is 2. The van der Waals surface area contributed by atoms with Crippen molar-refractivity contribution in [3.63, 3.8) is 0 Å². The van der Waals surface area contributed by atoms with Crippen LogP contribution >= 0.6 is 11.6 Å². The smallest absolute Gasteiger partial charge is 0.338 e. The minimum absolute atomic E-state index is 0.351. The fraction of sp³-hybridized carbons (Fsp3) is 0.227. The third-order valence-electron chi connectivity index (χ3n) is 4.51. The number of halogens is 1. The number of hydrogen-bond acceptors (Lipinski definition) is 4. The van der Waals surface area contributed by atoms with Gasteiger partial charge in [-0.2, -0.15) is 5.10 Å². The van der Waals surface area contributed by atoms with E-state index in [1.165, 1.54) is 0 Å². The average molecular weight is 412 g/mol. The van der Waals surface area contributed by atoms with E-state index in [1.54, 1.807) is 35.9 Å². The summed E-state index contributed by atoms with van der Waals surface area (Å²) in [7, 11) is 0. The Bertz CT molecular complexity index is 1010. The fourth-order valence-corrected chi connectivity index (χ4v) is 2.94. The van der Waals surface area contributed by atoms with Crippen LogP contribution in [0, 0.1) is 13.8 Å². The molecule has 0 aliphatic carbocycles. The lowest BCUT2D eigenvalue weighted by atomic mass is 10.2. The van der Waals surface area contributed by atoms with E-state index < -0.39 is 12.1 Å². The molecule has 0 saturated carbocycles. The molecular weight excluding hydrogens is 390 g/mol. The lowest BCUT2D eigenvalue weighted by Crippen LogP contribution is -2.35. The molecule has 0 saturated heterocycles. The Morgan fingerprint density at radius 1 is 1.10 bits per heavy atom. The third kappa shape index (κ3) is 4.84. The molecule has 3 rings (SSSR count). The number of rotatable bonds is 6. The van der Waals surface area contributed by atoms with Crippen LogP contribution in [0.1, 0.15) is 34.2 Å². The Balaban J connectivity index is 1.60. The molecule has 1 heterocycles. The van der Waals surface area contributed by atoms with E-state index in [2.05, 4.69) is 10.4 Å². The molecule has 7 heteroatoms. The quantitative estimate of drug-likeness (QED) is 0.622. The molecule has 0 radical (unpaired) electrons. The number of aryl methyl sites for hydroxylation is 1. The van der Waals surface area contributed by atoms with Gasteiger partial charge in [0, 0.05) is 6.54 Å². The molecule has 29 heavy (non-hydrogen) atoms. The zero-order chi connectivity index (χ0) is 21.0. The normalized spacial score (nSPS) is 11.7. The molecule has 3 aromatic rings. The van der Waals surface area contributed by atoms with Crippen molar-refractivity contribution < 1.29 is 14.3 Å². The second kappa shape index (κ2) is 8.92. The second-order valence-electron chi connectivity index (χ2n) is 6.69. The van der Waals surface area contributed by atoms with E-state index >= 15 is 0 Å². The van der Waals surface area contributed by atoms with Gasteiger partial charge in [0.05, 0.1) is 27.7 Å². The summed E-state index contributed by atoms with van der Waals surface area (Å²) in [5.74, 6) is -0.915. The first kappa shape index (κ1) is 20.6. The number of carbonyl (C=O) groups is 2. The highest BCUT2D eigenvalue weighted by Gasteiger charge is 2.19. The predicted molar refractivity (Wildman–Crippen MR) is 111 cm³/mol. The van der Waals surface area contributed by atoms with Gasteiger partial charge in [0.2, 0.25) is 0 Å². The number of carbonyl (C=O) groups excluding carboxylic acids is 2. The summed E-state index contributed by atoms with van der Waals surface area (Å²) in [5.41, 5.74) is 3.66. The van der Waals surface area contributed by atoms with Gasteiger partial charge >= 0.3 is 5.97 Å². The molecular formula is C22H22ClN3O3. The summed E-state index contributed by atoms with van der Waals surface area (Å²) in [6, 6.07) is 16.3. The molecule has 0 fully saturated rings. The standard InChI is InChI=1S/C22H22ClN3O3/c1-14-20(23)15(2)26(25-14)19-11-9-18(10-12-19)22(28)29-16(3)21(27)24-13-17-7-5-4-6-8-17/h4-12,16H,13H2,1-3H3,(H,24,27). The number of ether oxygens (including phenoxy) is 1. The van der Waals surface area contributed by atoms with E-state index in [1.807, 2.05) is 44.2 Å². The summed E-state index contributed by atoms with van der Waals surface area (Å²) in [6.45, 7) is 5.63. The number of nitrogens with one attached hydrogen (secondary N) is 1. The highest BCUT2D eigenvalue weighted by molar-refractivity contribution is 6.31. The van der Waals surface area contributed by atoms with Crippen LogP contribution in [0.3, 0.4) is 0 Å². The van der Waals surface area contributed by atoms with Gasteiger partial charge in [-0.3, -0.25) is 4.79 Å². The maximum absolute atomic E-state index is 12.4. The Labute approximate surface area is 174 Å². The highest BCUT2D eigenvalue weighted by atomic mass is 35.5. The lowest BCUT2D eigenvalue weighted by molar-refractivity contribution is -0.129. The number of amides is 1. The van der Waals surface area contributed by atoms with Crippen molar-refractivity contribution in [3.8, 4) is 5.69 Å². The van der Waals surface area contributed by atoms with Crippen LogP contribution in [-0.4, -0.2) is 27.8 Å². The predicted octanol–water partition coefficient (Wildman–Crippen LogP) is 4.00. The molecule has 0 aliphatic rings. The van der Waals surface area contributed by atoms with Gasteiger partial charge in [-0.15, -0.1) is 0 Å². The van der Waals surface area contributed by atoms with E-state index in [4.69, 9.17) is 16.3 Å². The second-order valence-corrected chi connectivity index (χ2v) is 7.07. The minimum atomic E-state index is -0.902. The van der Waals surface area contributed by atoms with Crippen LogP contribution in [0.4, 0.5) is 0 Å². The molecule has 6 nitrogen and oxygen atoms in total. The largest absolute Gasteiger partial charge is 0.449 e. The summed E-state index contributed by atoms with van der Waals surface area (Å²) in [4.78, 5) is 24.5. The van der Waals surface area contributed by atoms with E-state index in [9.17, 15) is 9.59 Å². The summed E-state index contributed by atoms with van der Waals surface area (Å²) >= 11 is 6.19. The van der Waals surface area contributed by atoms with E-state index in [0.29, 0.717) is 17.1 Å². The van der Waals surface area contributed by atoms with Crippen molar-refractivity contribution >= 4 is 23.5 Å². The van der Waals surface area contributed by atoms with Gasteiger partial charge < -0.3 is 10.1 Å². The van der Waals surface area contributed by atoms with Gasteiger partial charge in [-0.1, -0.05) is 41.9 Å². The van der Waals surface area contributed by atoms with Crippen LogP contribution in [0.5, 0.6) is 0 Å². The average Bonchev–Trinajstić information content (AvgIpc) is 3.00. The van der Waals surface area contributed by atoms with Crippen molar-refractivity contribution in [2.75, 3.05) is 0 Å². The van der Waals surface area contributed by atoms with Crippen LogP contribution in [0.25, 0.3) is 5.69 Å². The number of esters is 1. The first-order valence-electron chi connectivity index (χ1n) is 9.21. The summed E-state index contributed by atoms with van der Waals surface area (Å²) < 4.78 is 7.00. The van der Waals surface area contributed by atoms with Gasteiger partial charge in [-0.25, -0.2) is 9.48 Å². The molecule has 2 aromatic carbocycles. The van der Waals surface area contributed by atoms with Crippen LogP contribution in [0.15, 0.2) is 54.6 Å². The topological polar surface area (TPSA) is 73.2 Å². The molecule has 1 atom stereocenters. The minimum Gasteiger partial charge on any atom is -0.449 e. The number of hydrogen-bond donors (Lipinski definition) is 1. The van der Waals surface area contributed by atoms with Crippen LogP contribution in [0.2, 0.25) is 5.02 Å². The Hall–Kier alpha value is -3.12. The molecule has 150 valence electrons. The number of nitrogens with zero attached hydrogens (tertiary/aromatic N) is 2. The summed E-state index contributed by atoms with van der Waals surface area (Å²) in [6.07, 6.45) is -0.902. The zero-order valence-electron chi connectivity index (χ0n) is 16.5. The van der Waals surface area contributed by atoms with Crippen molar-refractivity contribution in [1.29, 1.82) is 0 Å². The first-order chi connectivity index (χ1) is 13.9. The van der Waals surface area contributed by atoms with Gasteiger partial charge in [-0.05, 0) is 50.6 Å². The molecule has 0 spiro atoms. The Morgan fingerprint density at radius 2 is 1.76 bits per heavy atom. The van der Waals surface area contributed by atoms with Crippen LogP contribution < -0.4 is 5.32 Å². The van der Waals surface area contributed by atoms with Crippen molar-refractivity contribution in [2.45, 2.75) is 33.4 Å². The number of aromatic nitrogens is 2. The fourth-order valence-electron chi connectivity index (χ4n) is 2.82. The maximum Gasteiger partial charge on any atom is 0.338 e.